The van der Waals surface area contributed by atoms with E-state index in [2.05, 4.69) is 21.2 Å². The summed E-state index contributed by atoms with van der Waals surface area (Å²) in [7, 11) is 0. The van der Waals surface area contributed by atoms with Crippen molar-refractivity contribution in [3.8, 4) is 0 Å². The number of halogens is 1. The Morgan fingerprint density at radius 2 is 1.85 bits per heavy atom. The van der Waals surface area contributed by atoms with E-state index in [1.807, 2.05) is 24.3 Å². The Kier molecular flexibility index (Phi) is 5.17. The molecular weight excluding hydrogens is 322 g/mol. The Balaban J connectivity index is 1.85. The Hall–Kier alpha value is -1.36. The number of hydrogen-bond donors (Lipinski definition) is 2. The van der Waals surface area contributed by atoms with Gasteiger partial charge in [0.25, 0.3) is 0 Å². The van der Waals surface area contributed by atoms with Crippen LogP contribution in [-0.4, -0.2) is 17.0 Å². The quantitative estimate of drug-likeness (QED) is 0.886. The molecule has 0 unspecified atom stereocenters. The molecule has 1 aromatic rings. The van der Waals surface area contributed by atoms with Gasteiger partial charge in [-0.2, -0.15) is 0 Å². The highest BCUT2D eigenvalue weighted by Gasteiger charge is 2.30. The smallest absolute Gasteiger partial charge is 0.306 e. The summed E-state index contributed by atoms with van der Waals surface area (Å²) < 4.78 is 1.00. The molecule has 1 amide bonds. The maximum Gasteiger partial charge on any atom is 0.306 e. The van der Waals surface area contributed by atoms with Gasteiger partial charge in [0.2, 0.25) is 5.91 Å². The molecule has 0 spiro atoms. The van der Waals surface area contributed by atoms with Crippen LogP contribution in [0.1, 0.15) is 31.2 Å². The molecule has 1 aromatic carbocycles. The Morgan fingerprint density at radius 3 is 2.50 bits per heavy atom. The molecular formula is C15H18BrNO3. The first-order valence-corrected chi connectivity index (χ1v) is 7.60. The van der Waals surface area contributed by atoms with Crippen molar-refractivity contribution < 1.29 is 14.7 Å². The number of rotatable bonds is 4. The number of aliphatic carboxylic acids is 1. The predicted molar refractivity (Wildman–Crippen MR) is 79.1 cm³/mol. The fourth-order valence-electron chi connectivity index (χ4n) is 2.59. The summed E-state index contributed by atoms with van der Waals surface area (Å²) in [6.07, 6.45) is 2.75. The number of carboxylic acids is 1. The summed E-state index contributed by atoms with van der Waals surface area (Å²) >= 11 is 3.37. The van der Waals surface area contributed by atoms with Gasteiger partial charge in [-0.05, 0) is 37.0 Å². The molecule has 1 aliphatic carbocycles. The standard InChI is InChI=1S/C15H18BrNO3/c16-13-6-4-10(5-7-13)9-17-14(18)11-2-1-3-12(8-11)15(19)20/h4-7,11-12H,1-3,8-9H2,(H,17,18)(H,19,20)/t11-,12+/m1/s1. The van der Waals surface area contributed by atoms with Gasteiger partial charge >= 0.3 is 5.97 Å². The van der Waals surface area contributed by atoms with E-state index >= 15 is 0 Å². The van der Waals surface area contributed by atoms with Crippen molar-refractivity contribution in [2.75, 3.05) is 0 Å². The van der Waals surface area contributed by atoms with Crippen LogP contribution in [0.25, 0.3) is 0 Å². The summed E-state index contributed by atoms with van der Waals surface area (Å²) in [6, 6.07) is 7.77. The van der Waals surface area contributed by atoms with Crippen molar-refractivity contribution in [3.63, 3.8) is 0 Å². The highest BCUT2D eigenvalue weighted by atomic mass is 79.9. The third kappa shape index (κ3) is 4.07. The van der Waals surface area contributed by atoms with E-state index in [9.17, 15) is 9.59 Å². The fraction of sp³-hybridized carbons (Fsp3) is 0.467. The summed E-state index contributed by atoms with van der Waals surface area (Å²) in [5.41, 5.74) is 1.03. The van der Waals surface area contributed by atoms with Gasteiger partial charge in [0, 0.05) is 16.9 Å². The SMILES string of the molecule is O=C(O)[C@H]1CCC[C@@H](C(=O)NCc2ccc(Br)cc2)C1. The Bertz CT molecular complexity index is 486. The maximum atomic E-state index is 12.1. The maximum absolute atomic E-state index is 12.1. The second-order valence-electron chi connectivity index (χ2n) is 5.24. The molecule has 108 valence electrons. The van der Waals surface area contributed by atoms with Crippen molar-refractivity contribution in [3.05, 3.63) is 34.3 Å². The third-order valence-corrected chi connectivity index (χ3v) is 4.30. The van der Waals surface area contributed by atoms with Gasteiger partial charge in [-0.15, -0.1) is 0 Å². The van der Waals surface area contributed by atoms with Crippen LogP contribution in [0.3, 0.4) is 0 Å². The molecule has 2 rings (SSSR count). The van der Waals surface area contributed by atoms with Gasteiger partial charge in [-0.1, -0.05) is 34.5 Å². The monoisotopic (exact) mass is 339 g/mol. The molecule has 20 heavy (non-hydrogen) atoms. The molecule has 0 saturated heterocycles. The van der Waals surface area contributed by atoms with Gasteiger partial charge in [-0.25, -0.2) is 0 Å². The highest BCUT2D eigenvalue weighted by Crippen LogP contribution is 2.29. The first-order valence-electron chi connectivity index (χ1n) is 6.81. The van der Waals surface area contributed by atoms with E-state index in [1.54, 1.807) is 0 Å². The van der Waals surface area contributed by atoms with Crippen LogP contribution >= 0.6 is 15.9 Å². The molecule has 0 aromatic heterocycles. The lowest BCUT2D eigenvalue weighted by Crippen LogP contribution is -2.35. The van der Waals surface area contributed by atoms with Crippen molar-refractivity contribution in [1.29, 1.82) is 0 Å². The lowest BCUT2D eigenvalue weighted by molar-refractivity contribution is -0.144. The van der Waals surface area contributed by atoms with Gasteiger partial charge in [0.1, 0.15) is 0 Å². The molecule has 1 aliphatic rings. The fourth-order valence-corrected chi connectivity index (χ4v) is 2.85. The lowest BCUT2D eigenvalue weighted by atomic mass is 9.81. The van der Waals surface area contributed by atoms with Crippen LogP contribution in [0.4, 0.5) is 0 Å². The average Bonchev–Trinajstić information content (AvgIpc) is 2.46. The molecule has 2 atom stereocenters. The second kappa shape index (κ2) is 6.88. The first-order chi connectivity index (χ1) is 9.56. The van der Waals surface area contributed by atoms with Gasteiger partial charge < -0.3 is 10.4 Å². The third-order valence-electron chi connectivity index (χ3n) is 3.77. The minimum Gasteiger partial charge on any atom is -0.481 e. The molecule has 2 N–H and O–H groups in total. The van der Waals surface area contributed by atoms with Crippen molar-refractivity contribution in [2.24, 2.45) is 11.8 Å². The van der Waals surface area contributed by atoms with Crippen LogP contribution in [0.15, 0.2) is 28.7 Å². The number of benzene rings is 1. The summed E-state index contributed by atoms with van der Waals surface area (Å²) in [6.45, 7) is 0.486. The highest BCUT2D eigenvalue weighted by molar-refractivity contribution is 9.10. The van der Waals surface area contributed by atoms with Gasteiger partial charge in [-0.3, -0.25) is 9.59 Å². The average molecular weight is 340 g/mol. The van der Waals surface area contributed by atoms with Crippen molar-refractivity contribution in [2.45, 2.75) is 32.2 Å². The van der Waals surface area contributed by atoms with Crippen LogP contribution in [0.2, 0.25) is 0 Å². The van der Waals surface area contributed by atoms with Crippen LogP contribution in [0, 0.1) is 11.8 Å². The van der Waals surface area contributed by atoms with E-state index in [1.165, 1.54) is 0 Å². The Labute approximate surface area is 126 Å². The topological polar surface area (TPSA) is 66.4 Å². The largest absolute Gasteiger partial charge is 0.481 e. The molecule has 0 heterocycles. The van der Waals surface area contributed by atoms with Gasteiger partial charge in [0.05, 0.1) is 5.92 Å². The lowest BCUT2D eigenvalue weighted by Gasteiger charge is -2.25. The van der Waals surface area contributed by atoms with E-state index in [-0.39, 0.29) is 17.7 Å². The second-order valence-corrected chi connectivity index (χ2v) is 6.16. The van der Waals surface area contributed by atoms with Crippen molar-refractivity contribution >= 4 is 27.8 Å². The number of hydrogen-bond acceptors (Lipinski definition) is 2. The number of amides is 1. The number of carbonyl (C=O) groups excluding carboxylic acids is 1. The summed E-state index contributed by atoms with van der Waals surface area (Å²) in [5, 5.41) is 11.9. The zero-order valence-electron chi connectivity index (χ0n) is 11.1. The zero-order valence-corrected chi connectivity index (χ0v) is 12.7. The molecule has 1 saturated carbocycles. The molecule has 4 nitrogen and oxygen atoms in total. The van der Waals surface area contributed by atoms with E-state index in [4.69, 9.17) is 5.11 Å². The normalized spacial score (nSPS) is 22.2. The summed E-state index contributed by atoms with van der Waals surface area (Å²) in [5.74, 6) is -1.35. The molecule has 0 aliphatic heterocycles. The van der Waals surface area contributed by atoms with Crippen LogP contribution in [0.5, 0.6) is 0 Å². The number of carboxylic acid groups (broad SMARTS) is 1. The minimum absolute atomic E-state index is 0.0288. The molecule has 0 radical (unpaired) electrons. The zero-order chi connectivity index (χ0) is 14.5. The van der Waals surface area contributed by atoms with E-state index in [0.29, 0.717) is 19.4 Å². The van der Waals surface area contributed by atoms with Gasteiger partial charge in [0.15, 0.2) is 0 Å². The van der Waals surface area contributed by atoms with Crippen molar-refractivity contribution in [1.82, 2.24) is 5.32 Å². The number of carbonyl (C=O) groups is 2. The first kappa shape index (κ1) is 15.0. The van der Waals surface area contributed by atoms with Crippen LogP contribution in [-0.2, 0) is 16.1 Å². The summed E-state index contributed by atoms with van der Waals surface area (Å²) in [4.78, 5) is 23.1. The predicted octanol–water partition coefficient (Wildman–Crippen LogP) is 2.96. The molecule has 5 heteroatoms. The molecule has 1 fully saturated rings. The molecule has 0 bridgehead atoms. The van der Waals surface area contributed by atoms with E-state index < -0.39 is 5.97 Å². The van der Waals surface area contributed by atoms with Crippen LogP contribution < -0.4 is 5.32 Å². The minimum atomic E-state index is -0.782. The number of nitrogens with one attached hydrogen (secondary N) is 1. The Morgan fingerprint density at radius 1 is 1.20 bits per heavy atom. The van der Waals surface area contributed by atoms with E-state index in [0.717, 1.165) is 22.9 Å².